The highest BCUT2D eigenvalue weighted by Crippen LogP contribution is 2.33. The number of ether oxygens (including phenoxy) is 1. The number of amides is 2. The summed E-state index contributed by atoms with van der Waals surface area (Å²) in [6, 6.07) is 5.38. The summed E-state index contributed by atoms with van der Waals surface area (Å²) in [6.07, 6.45) is -1.95. The summed E-state index contributed by atoms with van der Waals surface area (Å²) in [5.41, 5.74) is -1.68. The molecule has 0 unspecified atom stereocenters. The van der Waals surface area contributed by atoms with Crippen LogP contribution in [-0.4, -0.2) is 114 Å². The summed E-state index contributed by atoms with van der Waals surface area (Å²) >= 11 is 0. The SMILES string of the molecule is CN1CCN(c2ccc(-n3cc(C(=O)NCCCN4CCOCC4)nn3)cc2NC(=O)c2c[nH]c(=O)cc2C(F)(F)F)CC1. The van der Waals surface area contributed by atoms with Crippen LogP contribution >= 0.6 is 0 Å². The van der Waals surface area contributed by atoms with Gasteiger partial charge in [-0.1, -0.05) is 5.21 Å². The van der Waals surface area contributed by atoms with Gasteiger partial charge in [-0.3, -0.25) is 19.3 Å². The molecule has 0 aliphatic carbocycles. The first kappa shape index (κ1) is 31.2. The van der Waals surface area contributed by atoms with Gasteiger partial charge in [0.2, 0.25) is 5.56 Å². The van der Waals surface area contributed by atoms with Crippen LogP contribution in [0.15, 0.2) is 41.5 Å². The lowest BCUT2D eigenvalue weighted by Crippen LogP contribution is -2.44. The van der Waals surface area contributed by atoms with Crippen LogP contribution in [-0.2, 0) is 10.9 Å². The van der Waals surface area contributed by atoms with Gasteiger partial charge in [-0.25, -0.2) is 4.68 Å². The molecule has 0 spiro atoms. The number of anilines is 2. The minimum atomic E-state index is -4.91. The number of piperazine rings is 1. The summed E-state index contributed by atoms with van der Waals surface area (Å²) in [7, 11) is 1.99. The van der Waals surface area contributed by atoms with Crippen molar-refractivity contribution < 1.29 is 27.5 Å². The van der Waals surface area contributed by atoms with Crippen molar-refractivity contribution in [2.45, 2.75) is 12.6 Å². The fourth-order valence-corrected chi connectivity index (χ4v) is 5.09. The molecule has 16 heteroatoms. The molecule has 3 aromatic rings. The maximum atomic E-state index is 13.7. The predicted octanol–water partition coefficient (Wildman–Crippen LogP) is 1.43. The molecule has 4 heterocycles. The van der Waals surface area contributed by atoms with E-state index >= 15 is 0 Å². The molecule has 0 saturated carbocycles. The first-order valence-electron chi connectivity index (χ1n) is 14.3. The van der Waals surface area contributed by atoms with Crippen molar-refractivity contribution in [3.63, 3.8) is 0 Å². The lowest BCUT2D eigenvalue weighted by molar-refractivity contribution is -0.138. The number of carbonyl (C=O) groups excluding carboxylic acids is 2. The molecule has 0 bridgehead atoms. The van der Waals surface area contributed by atoms with Crippen molar-refractivity contribution in [2.24, 2.45) is 0 Å². The number of carbonyl (C=O) groups is 2. The first-order chi connectivity index (χ1) is 21.1. The minimum absolute atomic E-state index is 0.0909. The Hall–Kier alpha value is -4.28. The van der Waals surface area contributed by atoms with E-state index in [9.17, 15) is 27.6 Å². The van der Waals surface area contributed by atoms with Crippen molar-refractivity contribution in [1.29, 1.82) is 0 Å². The van der Waals surface area contributed by atoms with Gasteiger partial charge < -0.3 is 30.2 Å². The number of morpholine rings is 1. The van der Waals surface area contributed by atoms with E-state index in [1.54, 1.807) is 18.2 Å². The van der Waals surface area contributed by atoms with Crippen LogP contribution in [0.4, 0.5) is 24.5 Å². The Morgan fingerprint density at radius 3 is 2.52 bits per heavy atom. The highest BCUT2D eigenvalue weighted by molar-refractivity contribution is 6.07. The van der Waals surface area contributed by atoms with Gasteiger partial charge in [-0.15, -0.1) is 5.10 Å². The summed E-state index contributed by atoms with van der Waals surface area (Å²) in [4.78, 5) is 46.1. The van der Waals surface area contributed by atoms with E-state index in [2.05, 4.69) is 35.7 Å². The van der Waals surface area contributed by atoms with E-state index in [1.165, 1.54) is 10.9 Å². The molecule has 1 aromatic carbocycles. The number of alkyl halides is 3. The minimum Gasteiger partial charge on any atom is -0.379 e. The number of hydrogen-bond donors (Lipinski definition) is 3. The van der Waals surface area contributed by atoms with Crippen LogP contribution in [0, 0.1) is 0 Å². The smallest absolute Gasteiger partial charge is 0.379 e. The third kappa shape index (κ3) is 7.62. The van der Waals surface area contributed by atoms with Crippen molar-refractivity contribution in [3.8, 4) is 5.69 Å². The van der Waals surface area contributed by atoms with E-state index < -0.39 is 34.7 Å². The molecule has 13 nitrogen and oxygen atoms in total. The number of hydrogen-bond acceptors (Lipinski definition) is 9. The Bertz CT molecular complexity index is 1530. The number of nitrogens with zero attached hydrogens (tertiary/aromatic N) is 6. The highest BCUT2D eigenvalue weighted by atomic mass is 19.4. The molecule has 2 aliphatic rings. The molecule has 2 fully saturated rings. The number of likely N-dealkylation sites (N-methyl/N-ethyl adjacent to an activating group) is 1. The van der Waals surface area contributed by atoms with Crippen LogP contribution in [0.1, 0.15) is 32.8 Å². The molecule has 2 amide bonds. The number of nitrogens with one attached hydrogen (secondary N) is 3. The van der Waals surface area contributed by atoms with Crippen molar-refractivity contribution in [2.75, 3.05) is 82.8 Å². The van der Waals surface area contributed by atoms with Gasteiger partial charge in [0, 0.05) is 58.1 Å². The van der Waals surface area contributed by atoms with Gasteiger partial charge >= 0.3 is 6.18 Å². The second-order valence-electron chi connectivity index (χ2n) is 10.7. The maximum absolute atomic E-state index is 13.7. The molecular formula is C28H34F3N9O4. The average Bonchev–Trinajstić information content (AvgIpc) is 3.50. The molecule has 2 aromatic heterocycles. The average molecular weight is 618 g/mol. The highest BCUT2D eigenvalue weighted by Gasteiger charge is 2.36. The van der Waals surface area contributed by atoms with Gasteiger partial charge in [-0.2, -0.15) is 13.2 Å². The third-order valence-corrected chi connectivity index (χ3v) is 7.58. The Kier molecular flexibility index (Phi) is 9.61. The molecule has 0 atom stereocenters. The Morgan fingerprint density at radius 1 is 1.05 bits per heavy atom. The summed E-state index contributed by atoms with van der Waals surface area (Å²) in [5.74, 6) is -1.43. The lowest BCUT2D eigenvalue weighted by atomic mass is 10.1. The van der Waals surface area contributed by atoms with Gasteiger partial charge in [-0.05, 0) is 38.2 Å². The van der Waals surface area contributed by atoms with Crippen LogP contribution in [0.25, 0.3) is 5.69 Å². The summed E-state index contributed by atoms with van der Waals surface area (Å²) < 4.78 is 47.7. The van der Waals surface area contributed by atoms with Crippen molar-refractivity contribution in [3.05, 3.63) is 63.8 Å². The van der Waals surface area contributed by atoms with Gasteiger partial charge in [0.05, 0.1) is 47.6 Å². The Labute approximate surface area is 250 Å². The van der Waals surface area contributed by atoms with Gasteiger partial charge in [0.25, 0.3) is 11.8 Å². The molecule has 0 radical (unpaired) electrons. The second-order valence-corrected chi connectivity index (χ2v) is 10.7. The topological polar surface area (TPSA) is 141 Å². The van der Waals surface area contributed by atoms with Crippen LogP contribution in [0.3, 0.4) is 0 Å². The second kappa shape index (κ2) is 13.6. The molecule has 44 heavy (non-hydrogen) atoms. The van der Waals surface area contributed by atoms with E-state index in [1.807, 2.05) is 11.9 Å². The van der Waals surface area contributed by atoms with E-state index in [-0.39, 0.29) is 11.4 Å². The lowest BCUT2D eigenvalue weighted by Gasteiger charge is -2.35. The van der Waals surface area contributed by atoms with E-state index in [4.69, 9.17) is 4.74 Å². The number of pyridine rings is 1. The molecule has 5 rings (SSSR count). The van der Waals surface area contributed by atoms with Crippen molar-refractivity contribution >= 4 is 23.2 Å². The predicted molar refractivity (Wildman–Crippen MR) is 155 cm³/mol. The fraction of sp³-hybridized carbons (Fsp3) is 0.464. The van der Waals surface area contributed by atoms with Crippen LogP contribution < -0.4 is 21.1 Å². The standard InChI is InChI=1S/C28H34F3N9O4/c1-37-7-9-39(10-8-37)24-4-3-19(15-22(24)34-26(42)20-17-33-25(41)16-21(20)28(29,30)31)40-18-23(35-36-40)27(43)32-5-2-6-38-11-13-44-14-12-38/h3-4,15-18H,2,5-14H2,1H3,(H,32,43)(H,33,41)(H,34,42). The number of H-pyrrole nitrogens is 1. The number of aromatic nitrogens is 4. The monoisotopic (exact) mass is 617 g/mol. The van der Waals surface area contributed by atoms with Crippen LogP contribution in [0.5, 0.6) is 0 Å². The number of benzene rings is 1. The zero-order chi connectivity index (χ0) is 31.3. The largest absolute Gasteiger partial charge is 0.417 e. The number of halogens is 3. The van der Waals surface area contributed by atoms with E-state index in [0.717, 1.165) is 45.3 Å². The molecular weight excluding hydrogens is 583 g/mol. The fourth-order valence-electron chi connectivity index (χ4n) is 5.09. The Morgan fingerprint density at radius 2 is 1.80 bits per heavy atom. The number of aromatic amines is 1. The first-order valence-corrected chi connectivity index (χ1v) is 14.3. The Balaban J connectivity index is 1.34. The zero-order valence-electron chi connectivity index (χ0n) is 24.2. The van der Waals surface area contributed by atoms with Crippen LogP contribution in [0.2, 0.25) is 0 Å². The molecule has 236 valence electrons. The van der Waals surface area contributed by atoms with Gasteiger partial charge in [0.1, 0.15) is 0 Å². The molecule has 2 aliphatic heterocycles. The third-order valence-electron chi connectivity index (χ3n) is 7.58. The molecule has 2 saturated heterocycles. The maximum Gasteiger partial charge on any atom is 0.417 e. The van der Waals surface area contributed by atoms with E-state index in [0.29, 0.717) is 50.3 Å². The zero-order valence-corrected chi connectivity index (χ0v) is 24.2. The summed E-state index contributed by atoms with van der Waals surface area (Å²) in [6.45, 7) is 7.21. The van der Waals surface area contributed by atoms with Gasteiger partial charge in [0.15, 0.2) is 5.69 Å². The van der Waals surface area contributed by atoms with Crippen molar-refractivity contribution in [1.82, 2.24) is 35.1 Å². The molecule has 3 N–H and O–H groups in total. The quantitative estimate of drug-likeness (QED) is 0.304. The summed E-state index contributed by atoms with van der Waals surface area (Å²) in [5, 5.41) is 13.5. The number of rotatable bonds is 9. The normalized spacial score (nSPS) is 16.6.